The van der Waals surface area contributed by atoms with Crippen molar-refractivity contribution in [2.75, 3.05) is 32.7 Å². The second kappa shape index (κ2) is 7.06. The number of hydrogen-bond acceptors (Lipinski definition) is 3. The first-order valence-electron chi connectivity index (χ1n) is 9.77. The summed E-state index contributed by atoms with van der Waals surface area (Å²) in [5, 5.41) is 16.1. The summed E-state index contributed by atoms with van der Waals surface area (Å²) in [5.41, 5.74) is 1.36. The number of piperidine rings is 3. The SMILES string of the molecule is O=C(NC1CCN(CCc2ccccc2)C1)C1CC2CC[N+]1([O-])CC2. The maximum absolute atomic E-state index is 12.9. The van der Waals surface area contributed by atoms with Gasteiger partial charge in [0.05, 0.1) is 13.1 Å². The predicted molar refractivity (Wildman–Crippen MR) is 97.6 cm³/mol. The zero-order valence-corrected chi connectivity index (χ0v) is 14.9. The van der Waals surface area contributed by atoms with Crippen LogP contribution in [0.2, 0.25) is 0 Å². The number of hydroxylamine groups is 3. The monoisotopic (exact) mass is 343 g/mol. The lowest BCUT2D eigenvalue weighted by Crippen LogP contribution is -2.65. The Morgan fingerprint density at radius 2 is 1.96 bits per heavy atom. The molecule has 1 N–H and O–H groups in total. The number of hydrogen-bond donors (Lipinski definition) is 1. The maximum Gasteiger partial charge on any atom is 0.278 e. The molecule has 2 bridgehead atoms. The molecule has 4 aliphatic rings. The molecule has 5 nitrogen and oxygen atoms in total. The van der Waals surface area contributed by atoms with Crippen molar-refractivity contribution in [3.63, 3.8) is 0 Å². The van der Waals surface area contributed by atoms with Gasteiger partial charge in [-0.2, -0.15) is 0 Å². The molecule has 136 valence electrons. The second-order valence-electron chi connectivity index (χ2n) is 8.12. The molecule has 25 heavy (non-hydrogen) atoms. The summed E-state index contributed by atoms with van der Waals surface area (Å²) in [6.07, 6.45) is 4.84. The van der Waals surface area contributed by atoms with E-state index in [9.17, 15) is 10.0 Å². The standard InChI is InChI=1S/C20H29N3O2/c24-20(19-14-17-8-12-23(19,25)13-9-17)21-18-7-11-22(15-18)10-6-16-4-2-1-3-5-16/h1-5,17-19H,6-15H2,(H,21,24). The van der Waals surface area contributed by atoms with Gasteiger partial charge in [0.15, 0.2) is 6.04 Å². The van der Waals surface area contributed by atoms with E-state index in [1.807, 2.05) is 6.07 Å². The lowest BCUT2D eigenvalue weighted by molar-refractivity contribution is -0.912. The fourth-order valence-electron chi connectivity index (χ4n) is 4.82. The second-order valence-corrected chi connectivity index (χ2v) is 8.12. The summed E-state index contributed by atoms with van der Waals surface area (Å²) in [6, 6.07) is 10.4. The van der Waals surface area contributed by atoms with Crippen molar-refractivity contribution in [1.29, 1.82) is 0 Å². The zero-order valence-electron chi connectivity index (χ0n) is 14.9. The van der Waals surface area contributed by atoms with E-state index in [-0.39, 0.29) is 22.6 Å². The average Bonchev–Trinajstić information content (AvgIpc) is 3.08. The van der Waals surface area contributed by atoms with Crippen LogP contribution in [0, 0.1) is 11.1 Å². The van der Waals surface area contributed by atoms with Gasteiger partial charge in [0, 0.05) is 44.9 Å². The third-order valence-corrected chi connectivity index (χ3v) is 6.44. The Balaban J connectivity index is 1.26. The van der Waals surface area contributed by atoms with Gasteiger partial charge in [0.2, 0.25) is 0 Å². The summed E-state index contributed by atoms with van der Waals surface area (Å²) in [6.45, 7) is 4.24. The van der Waals surface area contributed by atoms with Crippen LogP contribution in [0.3, 0.4) is 0 Å². The highest BCUT2D eigenvalue weighted by atomic mass is 16.5. The van der Waals surface area contributed by atoms with Crippen LogP contribution in [0.5, 0.6) is 0 Å². The first-order valence-corrected chi connectivity index (χ1v) is 9.77. The summed E-state index contributed by atoms with van der Waals surface area (Å²) in [5.74, 6) is 0.602. The first-order chi connectivity index (χ1) is 12.1. The van der Waals surface area contributed by atoms with Gasteiger partial charge in [-0.3, -0.25) is 4.79 Å². The summed E-state index contributed by atoms with van der Waals surface area (Å²) >= 11 is 0. The maximum atomic E-state index is 12.9. The molecule has 1 amide bonds. The molecule has 0 spiro atoms. The van der Waals surface area contributed by atoms with E-state index in [4.69, 9.17) is 0 Å². The summed E-state index contributed by atoms with van der Waals surface area (Å²) in [7, 11) is 0. The lowest BCUT2D eigenvalue weighted by Gasteiger charge is -2.56. The third kappa shape index (κ3) is 3.73. The fraction of sp³-hybridized carbons (Fsp3) is 0.650. The van der Waals surface area contributed by atoms with Crippen LogP contribution in [0.1, 0.15) is 31.2 Å². The van der Waals surface area contributed by atoms with Gasteiger partial charge >= 0.3 is 0 Å². The van der Waals surface area contributed by atoms with E-state index in [1.54, 1.807) is 0 Å². The van der Waals surface area contributed by atoms with Crippen molar-refractivity contribution in [1.82, 2.24) is 10.2 Å². The molecule has 5 heteroatoms. The minimum absolute atomic E-state index is 0.00862. The molecule has 0 aromatic heterocycles. The van der Waals surface area contributed by atoms with Crippen LogP contribution < -0.4 is 5.32 Å². The molecule has 4 heterocycles. The van der Waals surface area contributed by atoms with Crippen molar-refractivity contribution in [3.05, 3.63) is 41.1 Å². The van der Waals surface area contributed by atoms with Crippen LogP contribution >= 0.6 is 0 Å². The molecule has 0 radical (unpaired) electrons. The molecule has 4 fully saturated rings. The molecule has 4 aliphatic heterocycles. The van der Waals surface area contributed by atoms with Gasteiger partial charge in [-0.25, -0.2) is 0 Å². The van der Waals surface area contributed by atoms with Gasteiger partial charge in [0.1, 0.15) is 0 Å². The van der Waals surface area contributed by atoms with E-state index in [1.165, 1.54) is 5.56 Å². The molecule has 0 saturated carbocycles. The quantitative estimate of drug-likeness (QED) is 0.656. The van der Waals surface area contributed by atoms with Gasteiger partial charge in [-0.15, -0.1) is 0 Å². The Kier molecular flexibility index (Phi) is 4.80. The normalized spacial score (nSPS) is 35.0. The van der Waals surface area contributed by atoms with Gasteiger partial charge in [-0.1, -0.05) is 30.3 Å². The highest BCUT2D eigenvalue weighted by molar-refractivity contribution is 5.81. The number of rotatable bonds is 5. The molecule has 0 aliphatic carbocycles. The third-order valence-electron chi connectivity index (χ3n) is 6.44. The van der Waals surface area contributed by atoms with Crippen LogP contribution in [-0.4, -0.2) is 60.3 Å². The van der Waals surface area contributed by atoms with E-state index >= 15 is 0 Å². The molecular formula is C20H29N3O2. The fourth-order valence-corrected chi connectivity index (χ4v) is 4.82. The Morgan fingerprint density at radius 1 is 1.20 bits per heavy atom. The lowest BCUT2D eigenvalue weighted by atomic mass is 9.82. The van der Waals surface area contributed by atoms with Crippen LogP contribution in [-0.2, 0) is 11.2 Å². The van der Waals surface area contributed by atoms with Crippen molar-refractivity contribution in [3.8, 4) is 0 Å². The first kappa shape index (κ1) is 17.0. The molecule has 5 rings (SSSR count). The molecule has 2 atom stereocenters. The van der Waals surface area contributed by atoms with Crippen molar-refractivity contribution in [2.45, 2.75) is 44.2 Å². The summed E-state index contributed by atoms with van der Waals surface area (Å²) < 4.78 is -0.271. The van der Waals surface area contributed by atoms with Crippen molar-refractivity contribution < 1.29 is 9.44 Å². The molecule has 1 aromatic carbocycles. The molecule has 1 aromatic rings. The number of nitrogens with one attached hydrogen (secondary N) is 1. The highest BCUT2D eigenvalue weighted by Gasteiger charge is 2.46. The number of benzene rings is 1. The summed E-state index contributed by atoms with van der Waals surface area (Å²) in [4.78, 5) is 15.1. The smallest absolute Gasteiger partial charge is 0.278 e. The number of quaternary nitrogens is 1. The highest BCUT2D eigenvalue weighted by Crippen LogP contribution is 2.37. The van der Waals surface area contributed by atoms with E-state index in [0.29, 0.717) is 19.0 Å². The Hall–Kier alpha value is -1.43. The molecule has 2 unspecified atom stereocenters. The zero-order chi connectivity index (χ0) is 17.3. The number of fused-ring (bicyclic) bond motifs is 3. The number of amides is 1. The Morgan fingerprint density at radius 3 is 2.68 bits per heavy atom. The van der Waals surface area contributed by atoms with Gasteiger partial charge < -0.3 is 20.1 Å². The number of carbonyl (C=O) groups is 1. The molecule has 4 saturated heterocycles. The number of likely N-dealkylation sites (tertiary alicyclic amines) is 1. The van der Waals surface area contributed by atoms with Crippen LogP contribution in [0.4, 0.5) is 0 Å². The average molecular weight is 343 g/mol. The topological polar surface area (TPSA) is 55.4 Å². The minimum Gasteiger partial charge on any atom is -0.632 e. The van der Waals surface area contributed by atoms with Gasteiger partial charge in [-0.05, 0) is 24.3 Å². The van der Waals surface area contributed by atoms with Crippen LogP contribution in [0.25, 0.3) is 0 Å². The van der Waals surface area contributed by atoms with Gasteiger partial charge in [0.25, 0.3) is 5.91 Å². The van der Waals surface area contributed by atoms with E-state index in [0.717, 1.165) is 51.7 Å². The Labute approximate surface area is 150 Å². The number of carbonyl (C=O) groups excluding carboxylic acids is 1. The largest absolute Gasteiger partial charge is 0.632 e. The van der Waals surface area contributed by atoms with Crippen molar-refractivity contribution >= 4 is 5.91 Å². The van der Waals surface area contributed by atoms with E-state index < -0.39 is 0 Å². The molecular weight excluding hydrogens is 314 g/mol. The minimum atomic E-state index is -0.356. The van der Waals surface area contributed by atoms with Crippen LogP contribution in [0.15, 0.2) is 30.3 Å². The number of nitrogens with zero attached hydrogens (tertiary/aromatic N) is 2. The van der Waals surface area contributed by atoms with E-state index in [2.05, 4.69) is 34.5 Å². The van der Waals surface area contributed by atoms with Crippen molar-refractivity contribution in [2.24, 2.45) is 5.92 Å². The Bertz CT molecular complexity index is 598. The predicted octanol–water partition coefficient (Wildman–Crippen LogP) is 1.92.